The largest absolute Gasteiger partial charge is 0.495 e. The van der Waals surface area contributed by atoms with E-state index in [1.165, 1.54) is 43.2 Å². The number of hydrogen-bond donors (Lipinski definition) is 0. The number of methoxy groups -OCH3 is 1. The number of halogens is 3. The van der Waals surface area contributed by atoms with Gasteiger partial charge in [0.25, 0.3) is 5.91 Å². The molecule has 1 aromatic carbocycles. The summed E-state index contributed by atoms with van der Waals surface area (Å²) in [7, 11) is 1.34. The predicted octanol–water partition coefficient (Wildman–Crippen LogP) is 3.05. The van der Waals surface area contributed by atoms with Crippen LogP contribution in [-0.2, 0) is 4.79 Å². The number of hydrogen-bond acceptors (Lipinski definition) is 3. The lowest BCUT2D eigenvalue weighted by atomic mass is 10.2. The van der Waals surface area contributed by atoms with Crippen LogP contribution in [-0.4, -0.2) is 35.5 Å². The number of rotatable bonds is 5. The first-order valence-electron chi connectivity index (χ1n) is 6.84. The van der Waals surface area contributed by atoms with Gasteiger partial charge in [-0.3, -0.25) is 14.4 Å². The third-order valence-corrected chi connectivity index (χ3v) is 3.26. The molecule has 23 heavy (non-hydrogen) atoms. The topological polar surface area (TPSA) is 47.4 Å². The first-order valence-corrected chi connectivity index (χ1v) is 6.84. The molecule has 0 saturated carbocycles. The fourth-order valence-corrected chi connectivity index (χ4v) is 2.16. The Bertz CT molecular complexity index is 656. The molecule has 0 spiro atoms. The summed E-state index contributed by atoms with van der Waals surface area (Å²) in [5, 5.41) is 3.91. The Morgan fingerprint density at radius 2 is 2.04 bits per heavy atom. The van der Waals surface area contributed by atoms with Gasteiger partial charge < -0.3 is 4.74 Å². The van der Waals surface area contributed by atoms with Gasteiger partial charge in [0.1, 0.15) is 18.3 Å². The van der Waals surface area contributed by atoms with E-state index in [1.54, 1.807) is 18.2 Å². The molecule has 0 aliphatic carbocycles. The molecule has 0 aliphatic rings. The number of carbonyl (C=O) groups is 1. The highest BCUT2D eigenvalue weighted by molar-refractivity contribution is 5.97. The third-order valence-electron chi connectivity index (χ3n) is 3.26. The second kappa shape index (κ2) is 6.72. The highest BCUT2D eigenvalue weighted by Gasteiger charge is 2.36. The van der Waals surface area contributed by atoms with E-state index in [2.05, 4.69) is 5.10 Å². The first kappa shape index (κ1) is 16.9. The minimum atomic E-state index is -4.54. The monoisotopic (exact) mass is 327 g/mol. The van der Waals surface area contributed by atoms with E-state index in [0.29, 0.717) is 4.90 Å². The molecule has 0 N–H and O–H groups in total. The molecule has 8 heteroatoms. The van der Waals surface area contributed by atoms with Crippen molar-refractivity contribution in [3.05, 3.63) is 42.7 Å². The Kier molecular flexibility index (Phi) is 4.92. The minimum Gasteiger partial charge on any atom is -0.495 e. The third kappa shape index (κ3) is 4.02. The fraction of sp³-hybridized carbons (Fsp3) is 0.333. The van der Waals surface area contributed by atoms with E-state index in [-0.39, 0.29) is 11.4 Å². The van der Waals surface area contributed by atoms with Crippen molar-refractivity contribution in [2.45, 2.75) is 19.1 Å². The van der Waals surface area contributed by atoms with Crippen molar-refractivity contribution in [3.63, 3.8) is 0 Å². The Morgan fingerprint density at radius 1 is 1.35 bits per heavy atom. The van der Waals surface area contributed by atoms with E-state index in [1.807, 2.05) is 0 Å². The second-order valence-corrected chi connectivity index (χ2v) is 4.87. The predicted molar refractivity (Wildman–Crippen MR) is 78.3 cm³/mol. The minimum absolute atomic E-state index is 0.0660. The zero-order valence-electron chi connectivity index (χ0n) is 12.6. The van der Waals surface area contributed by atoms with Crippen molar-refractivity contribution in [2.75, 3.05) is 18.6 Å². The van der Waals surface area contributed by atoms with E-state index in [0.717, 1.165) is 0 Å². The lowest BCUT2D eigenvalue weighted by molar-refractivity contribution is -0.134. The van der Waals surface area contributed by atoms with Crippen molar-refractivity contribution in [1.82, 2.24) is 9.78 Å². The van der Waals surface area contributed by atoms with Crippen LogP contribution in [0.2, 0.25) is 0 Å². The van der Waals surface area contributed by atoms with Crippen LogP contribution in [0.1, 0.15) is 13.0 Å². The normalized spacial score (nSPS) is 12.7. The summed E-state index contributed by atoms with van der Waals surface area (Å²) in [6.07, 6.45) is -1.56. The molecule has 0 unspecified atom stereocenters. The van der Waals surface area contributed by atoms with E-state index < -0.39 is 24.7 Å². The van der Waals surface area contributed by atoms with Crippen molar-refractivity contribution in [1.29, 1.82) is 0 Å². The highest BCUT2D eigenvalue weighted by atomic mass is 19.4. The molecular weight excluding hydrogens is 311 g/mol. The van der Waals surface area contributed by atoms with Crippen molar-refractivity contribution < 1.29 is 22.7 Å². The molecule has 1 atom stereocenters. The van der Waals surface area contributed by atoms with Crippen LogP contribution in [0.4, 0.5) is 18.9 Å². The Morgan fingerprint density at radius 3 is 2.61 bits per heavy atom. The highest BCUT2D eigenvalue weighted by Crippen LogP contribution is 2.32. The summed E-state index contributed by atoms with van der Waals surface area (Å²) in [6.45, 7) is 0.0892. The second-order valence-electron chi connectivity index (χ2n) is 4.87. The summed E-state index contributed by atoms with van der Waals surface area (Å²) < 4.78 is 45.2. The first-order chi connectivity index (χ1) is 10.8. The van der Waals surface area contributed by atoms with Gasteiger partial charge in [0.15, 0.2) is 0 Å². The molecule has 1 aromatic heterocycles. The van der Waals surface area contributed by atoms with Crippen LogP contribution in [0, 0.1) is 0 Å². The lowest BCUT2D eigenvalue weighted by Crippen LogP contribution is -2.42. The van der Waals surface area contributed by atoms with E-state index in [4.69, 9.17) is 4.74 Å². The average molecular weight is 327 g/mol. The van der Waals surface area contributed by atoms with Gasteiger partial charge in [-0.25, -0.2) is 0 Å². The number of alkyl halides is 3. The number of carbonyl (C=O) groups excluding carboxylic acids is 1. The van der Waals surface area contributed by atoms with Crippen LogP contribution < -0.4 is 9.64 Å². The van der Waals surface area contributed by atoms with E-state index >= 15 is 0 Å². The summed E-state index contributed by atoms with van der Waals surface area (Å²) >= 11 is 0. The van der Waals surface area contributed by atoms with Gasteiger partial charge >= 0.3 is 6.18 Å². The summed E-state index contributed by atoms with van der Waals surface area (Å²) in [5.41, 5.74) is 0.0660. The zero-order chi connectivity index (χ0) is 17.0. The number of ether oxygens (including phenoxy) is 1. The standard InChI is InChI=1S/C15H16F3N3O2/c1-11(21-9-5-8-19-21)14(22)20(10-15(16,17)18)12-6-3-4-7-13(12)23-2/h3-9,11H,10H2,1-2H3/t11-/m1/s1. The van der Waals surface area contributed by atoms with Crippen molar-refractivity contribution >= 4 is 11.6 Å². The molecule has 0 fully saturated rings. The number of anilines is 1. The Balaban J connectivity index is 2.40. The Labute approximate surface area is 131 Å². The smallest absolute Gasteiger partial charge is 0.406 e. The van der Waals surface area contributed by atoms with Gasteiger partial charge in [0.05, 0.1) is 12.8 Å². The molecule has 1 amide bonds. The summed E-state index contributed by atoms with van der Waals surface area (Å²) in [4.78, 5) is 13.3. The van der Waals surface area contributed by atoms with Crippen LogP contribution in [0.3, 0.4) is 0 Å². The lowest BCUT2D eigenvalue weighted by Gasteiger charge is -2.28. The van der Waals surface area contributed by atoms with Gasteiger partial charge in [-0.1, -0.05) is 12.1 Å². The molecule has 0 radical (unpaired) electrons. The van der Waals surface area contributed by atoms with Gasteiger partial charge in [-0.15, -0.1) is 0 Å². The molecule has 2 rings (SSSR count). The summed E-state index contributed by atoms with van der Waals surface area (Å²) in [6, 6.07) is 6.81. The molecule has 5 nitrogen and oxygen atoms in total. The molecule has 2 aromatic rings. The number of nitrogens with zero attached hydrogens (tertiary/aromatic N) is 3. The van der Waals surface area contributed by atoms with Crippen LogP contribution in [0.15, 0.2) is 42.7 Å². The van der Waals surface area contributed by atoms with Crippen LogP contribution in [0.5, 0.6) is 5.75 Å². The molecule has 0 aliphatic heterocycles. The van der Waals surface area contributed by atoms with E-state index in [9.17, 15) is 18.0 Å². The van der Waals surface area contributed by atoms with Gasteiger partial charge in [-0.05, 0) is 25.1 Å². The molecule has 1 heterocycles. The maximum Gasteiger partial charge on any atom is 0.406 e. The number of aromatic nitrogens is 2. The molecule has 0 bridgehead atoms. The Hall–Kier alpha value is -2.51. The number of para-hydroxylation sites is 2. The summed E-state index contributed by atoms with van der Waals surface area (Å²) in [5.74, 6) is -0.534. The van der Waals surface area contributed by atoms with Gasteiger partial charge in [0, 0.05) is 12.4 Å². The van der Waals surface area contributed by atoms with Crippen LogP contribution >= 0.6 is 0 Å². The van der Waals surface area contributed by atoms with Gasteiger partial charge in [-0.2, -0.15) is 18.3 Å². The maximum atomic E-state index is 12.9. The quantitative estimate of drug-likeness (QED) is 0.848. The fourth-order valence-electron chi connectivity index (χ4n) is 2.16. The van der Waals surface area contributed by atoms with Crippen molar-refractivity contribution in [3.8, 4) is 5.75 Å². The molecular formula is C15H16F3N3O2. The van der Waals surface area contributed by atoms with Gasteiger partial charge in [0.2, 0.25) is 0 Å². The number of benzene rings is 1. The average Bonchev–Trinajstić information content (AvgIpc) is 3.04. The number of amides is 1. The maximum absolute atomic E-state index is 12.9. The van der Waals surface area contributed by atoms with Crippen LogP contribution in [0.25, 0.3) is 0 Å². The molecule has 124 valence electrons. The SMILES string of the molecule is COc1ccccc1N(CC(F)(F)F)C(=O)[C@@H](C)n1cccn1. The van der Waals surface area contributed by atoms with Crippen molar-refractivity contribution in [2.24, 2.45) is 0 Å². The molecule has 0 saturated heterocycles. The zero-order valence-corrected chi connectivity index (χ0v) is 12.6.